The molecule has 1 aliphatic heterocycles. The first-order chi connectivity index (χ1) is 15.1. The molecule has 4 rings (SSSR count). The van der Waals surface area contributed by atoms with Crippen LogP contribution < -0.4 is 10.1 Å². The van der Waals surface area contributed by atoms with Crippen molar-refractivity contribution in [2.24, 2.45) is 0 Å². The van der Waals surface area contributed by atoms with Crippen molar-refractivity contribution >= 4 is 16.9 Å². The summed E-state index contributed by atoms with van der Waals surface area (Å²) in [5.41, 5.74) is 4.00. The molecule has 1 N–H and O–H groups in total. The van der Waals surface area contributed by atoms with E-state index >= 15 is 0 Å². The second kappa shape index (κ2) is 9.54. The topological polar surface area (TPSA) is 63.9 Å². The van der Waals surface area contributed by atoms with Crippen molar-refractivity contribution in [3.63, 3.8) is 0 Å². The largest absolute Gasteiger partial charge is 0.497 e. The van der Waals surface area contributed by atoms with Crippen LogP contribution in [0.3, 0.4) is 0 Å². The molecule has 0 aliphatic carbocycles. The summed E-state index contributed by atoms with van der Waals surface area (Å²) < 4.78 is 16.7. The lowest BCUT2D eigenvalue weighted by Gasteiger charge is -2.35. The number of nitrogens with one attached hydrogen (secondary N) is 1. The molecule has 2 heterocycles. The quantitative estimate of drug-likeness (QED) is 0.621. The molecule has 0 bridgehead atoms. The number of nitrogens with zero attached hydrogens (tertiary/aromatic N) is 1. The molecule has 31 heavy (non-hydrogen) atoms. The highest BCUT2D eigenvalue weighted by atomic mass is 16.5. The SMILES string of the molecule is CCc1ccc2oc(C(=O)NC[C@@H](c3ccc(OC)cc3)N3CCOCC3)c(C)c2c1. The number of amides is 1. The predicted octanol–water partition coefficient (Wildman–Crippen LogP) is 4.12. The molecule has 0 spiro atoms. The Bertz CT molecular complexity index is 1040. The Morgan fingerprint density at radius 1 is 1.16 bits per heavy atom. The highest BCUT2D eigenvalue weighted by molar-refractivity contribution is 5.99. The maximum absolute atomic E-state index is 13.0. The van der Waals surface area contributed by atoms with E-state index in [9.17, 15) is 4.79 Å². The van der Waals surface area contributed by atoms with Gasteiger partial charge in [-0.2, -0.15) is 0 Å². The first kappa shape index (κ1) is 21.4. The maximum atomic E-state index is 13.0. The zero-order chi connectivity index (χ0) is 21.8. The molecule has 0 radical (unpaired) electrons. The number of methoxy groups -OCH3 is 1. The molecule has 0 saturated carbocycles. The van der Waals surface area contributed by atoms with Crippen molar-refractivity contribution in [1.29, 1.82) is 0 Å². The maximum Gasteiger partial charge on any atom is 0.287 e. The van der Waals surface area contributed by atoms with Gasteiger partial charge in [-0.1, -0.05) is 25.1 Å². The zero-order valence-electron chi connectivity index (χ0n) is 18.4. The molecular weight excluding hydrogens is 392 g/mol. The number of hydrogen-bond donors (Lipinski definition) is 1. The summed E-state index contributed by atoms with van der Waals surface area (Å²) in [5, 5.41) is 4.11. The number of hydrogen-bond acceptors (Lipinski definition) is 5. The summed E-state index contributed by atoms with van der Waals surface area (Å²) in [6, 6.07) is 14.2. The van der Waals surface area contributed by atoms with Crippen LogP contribution in [0, 0.1) is 6.92 Å². The third-order valence-corrected chi connectivity index (χ3v) is 6.06. The van der Waals surface area contributed by atoms with Crippen LogP contribution in [0.25, 0.3) is 11.0 Å². The first-order valence-electron chi connectivity index (χ1n) is 10.9. The lowest BCUT2D eigenvalue weighted by atomic mass is 10.0. The van der Waals surface area contributed by atoms with Crippen molar-refractivity contribution in [1.82, 2.24) is 10.2 Å². The number of benzene rings is 2. The first-order valence-corrected chi connectivity index (χ1v) is 10.9. The summed E-state index contributed by atoms with van der Waals surface area (Å²) in [6.07, 6.45) is 0.950. The minimum absolute atomic E-state index is 0.0511. The van der Waals surface area contributed by atoms with E-state index in [4.69, 9.17) is 13.9 Å². The van der Waals surface area contributed by atoms with E-state index in [2.05, 4.69) is 35.3 Å². The molecular formula is C25H30N2O4. The number of fused-ring (bicyclic) bond motifs is 1. The van der Waals surface area contributed by atoms with Crippen molar-refractivity contribution in [2.45, 2.75) is 26.3 Å². The Morgan fingerprint density at radius 3 is 2.58 bits per heavy atom. The van der Waals surface area contributed by atoms with E-state index in [1.807, 2.05) is 31.2 Å². The molecule has 0 unspecified atom stereocenters. The van der Waals surface area contributed by atoms with Gasteiger partial charge >= 0.3 is 0 Å². The number of furan rings is 1. The highest BCUT2D eigenvalue weighted by Crippen LogP contribution is 2.27. The van der Waals surface area contributed by atoms with E-state index < -0.39 is 0 Å². The van der Waals surface area contributed by atoms with Crippen molar-refractivity contribution in [3.8, 4) is 5.75 Å². The predicted molar refractivity (Wildman–Crippen MR) is 121 cm³/mol. The Hall–Kier alpha value is -2.83. The molecule has 2 aromatic carbocycles. The molecule has 1 amide bonds. The highest BCUT2D eigenvalue weighted by Gasteiger charge is 2.25. The lowest BCUT2D eigenvalue weighted by Crippen LogP contribution is -2.43. The normalized spacial score (nSPS) is 15.7. The number of carbonyl (C=O) groups excluding carboxylic acids is 1. The molecule has 1 aromatic heterocycles. The average molecular weight is 423 g/mol. The standard InChI is InChI=1S/C25H30N2O4/c1-4-18-5-10-23-21(15-18)17(2)24(31-23)25(28)26-16-22(27-11-13-30-14-12-27)19-6-8-20(29-3)9-7-19/h5-10,15,22H,4,11-14,16H2,1-3H3,(H,26,28)/t22-/m0/s1. The fourth-order valence-corrected chi connectivity index (χ4v) is 4.15. The number of carbonyl (C=O) groups is 1. The fourth-order valence-electron chi connectivity index (χ4n) is 4.15. The van der Waals surface area contributed by atoms with E-state index in [0.717, 1.165) is 47.4 Å². The minimum atomic E-state index is -0.182. The summed E-state index contributed by atoms with van der Waals surface area (Å²) in [7, 11) is 1.66. The van der Waals surface area contributed by atoms with Crippen LogP contribution in [-0.2, 0) is 11.2 Å². The van der Waals surface area contributed by atoms with Crippen LogP contribution in [0.1, 0.15) is 40.2 Å². The van der Waals surface area contributed by atoms with E-state index in [1.165, 1.54) is 5.56 Å². The molecule has 6 nitrogen and oxygen atoms in total. The van der Waals surface area contributed by atoms with E-state index in [1.54, 1.807) is 7.11 Å². The monoisotopic (exact) mass is 422 g/mol. The van der Waals surface area contributed by atoms with Crippen LogP contribution in [0.4, 0.5) is 0 Å². The van der Waals surface area contributed by atoms with Crippen LogP contribution in [0.15, 0.2) is 46.9 Å². The molecule has 1 aliphatic rings. The van der Waals surface area contributed by atoms with Gasteiger partial charge in [0, 0.05) is 30.6 Å². The Morgan fingerprint density at radius 2 is 1.90 bits per heavy atom. The van der Waals surface area contributed by atoms with E-state index in [-0.39, 0.29) is 11.9 Å². The van der Waals surface area contributed by atoms with Gasteiger partial charge in [-0.25, -0.2) is 0 Å². The van der Waals surface area contributed by atoms with Gasteiger partial charge in [0.2, 0.25) is 0 Å². The summed E-state index contributed by atoms with van der Waals surface area (Å²) in [5.74, 6) is 1.02. The lowest BCUT2D eigenvalue weighted by molar-refractivity contribution is 0.0161. The van der Waals surface area contributed by atoms with Gasteiger partial charge in [-0.3, -0.25) is 9.69 Å². The second-order valence-electron chi connectivity index (χ2n) is 7.89. The number of morpholine rings is 1. The van der Waals surface area contributed by atoms with Crippen LogP contribution in [0.5, 0.6) is 5.75 Å². The summed E-state index contributed by atoms with van der Waals surface area (Å²) in [6.45, 7) is 7.61. The third kappa shape index (κ3) is 4.60. The van der Waals surface area contributed by atoms with Gasteiger partial charge in [0.25, 0.3) is 5.91 Å². The van der Waals surface area contributed by atoms with Crippen LogP contribution >= 0.6 is 0 Å². The van der Waals surface area contributed by atoms with Crippen molar-refractivity contribution < 1.29 is 18.7 Å². The third-order valence-electron chi connectivity index (χ3n) is 6.06. The molecule has 6 heteroatoms. The Labute approximate surface area is 183 Å². The molecule has 164 valence electrons. The van der Waals surface area contributed by atoms with E-state index in [0.29, 0.717) is 25.5 Å². The van der Waals surface area contributed by atoms with Gasteiger partial charge in [0.05, 0.1) is 26.4 Å². The van der Waals surface area contributed by atoms with Gasteiger partial charge in [-0.15, -0.1) is 0 Å². The number of aryl methyl sites for hydroxylation is 2. The zero-order valence-corrected chi connectivity index (χ0v) is 18.4. The molecule has 1 saturated heterocycles. The van der Waals surface area contributed by atoms with Crippen molar-refractivity contribution in [2.75, 3.05) is 40.0 Å². The Balaban J connectivity index is 1.54. The smallest absolute Gasteiger partial charge is 0.287 e. The van der Waals surface area contributed by atoms with Crippen LogP contribution in [0.2, 0.25) is 0 Å². The fraction of sp³-hybridized carbons (Fsp3) is 0.400. The molecule has 1 fully saturated rings. The summed E-state index contributed by atoms with van der Waals surface area (Å²) >= 11 is 0. The molecule has 3 aromatic rings. The van der Waals surface area contributed by atoms with Gasteiger partial charge < -0.3 is 19.2 Å². The second-order valence-corrected chi connectivity index (χ2v) is 7.89. The number of ether oxygens (including phenoxy) is 2. The minimum Gasteiger partial charge on any atom is -0.497 e. The van der Waals surface area contributed by atoms with Crippen LogP contribution in [-0.4, -0.2) is 50.8 Å². The van der Waals surface area contributed by atoms with Gasteiger partial charge in [-0.05, 0) is 48.7 Å². The summed E-state index contributed by atoms with van der Waals surface area (Å²) in [4.78, 5) is 15.4. The average Bonchev–Trinajstić information content (AvgIpc) is 3.16. The molecule has 1 atom stereocenters. The number of rotatable bonds is 7. The van der Waals surface area contributed by atoms with Crippen molar-refractivity contribution in [3.05, 3.63) is 64.9 Å². The Kier molecular flexibility index (Phi) is 6.59. The van der Waals surface area contributed by atoms with Gasteiger partial charge in [0.1, 0.15) is 11.3 Å². The van der Waals surface area contributed by atoms with Gasteiger partial charge in [0.15, 0.2) is 5.76 Å².